The van der Waals surface area contributed by atoms with E-state index in [1.54, 1.807) is 30.6 Å². The zero-order valence-corrected chi connectivity index (χ0v) is 10.1. The fraction of sp³-hybridized carbons (Fsp3) is 0.200. The first-order chi connectivity index (χ1) is 7.01. The summed E-state index contributed by atoms with van der Waals surface area (Å²) in [4.78, 5) is 0. The molecule has 0 atom stereocenters. The molecule has 0 fully saturated rings. The summed E-state index contributed by atoms with van der Waals surface area (Å²) < 4.78 is 25.9. The van der Waals surface area contributed by atoms with Gasteiger partial charge in [-0.15, -0.1) is 11.3 Å². The normalized spacial score (nSPS) is 11.9. The second kappa shape index (κ2) is 3.50. The number of thiophene rings is 1. The molecule has 0 saturated heterocycles. The summed E-state index contributed by atoms with van der Waals surface area (Å²) in [6.07, 6.45) is 1.64. The molecule has 0 unspecified atom stereocenters. The molecular weight excluding hydrogens is 230 g/mol. The average molecular weight is 241 g/mol. The number of nitrogens with zero attached hydrogens (tertiary/aromatic N) is 1. The fourth-order valence-electron chi connectivity index (χ4n) is 1.48. The topological polar surface area (TPSA) is 39.1 Å². The zero-order chi connectivity index (χ0) is 11.1. The molecule has 2 heterocycles. The van der Waals surface area contributed by atoms with Crippen LogP contribution in [0.2, 0.25) is 0 Å². The summed E-state index contributed by atoms with van der Waals surface area (Å²) in [6, 6.07) is 5.21. The number of hydrogen-bond acceptors (Lipinski definition) is 3. The third-order valence-corrected chi connectivity index (χ3v) is 5.25. The van der Waals surface area contributed by atoms with Crippen LogP contribution in [-0.4, -0.2) is 12.4 Å². The molecule has 0 bridgehead atoms. The average Bonchev–Trinajstić information content (AvgIpc) is 2.74. The first-order valence-electron chi connectivity index (χ1n) is 4.46. The Morgan fingerprint density at radius 3 is 2.53 bits per heavy atom. The van der Waals surface area contributed by atoms with Crippen LogP contribution in [0, 0.1) is 13.8 Å². The van der Waals surface area contributed by atoms with Crippen molar-refractivity contribution in [3.05, 3.63) is 41.0 Å². The van der Waals surface area contributed by atoms with E-state index in [9.17, 15) is 8.42 Å². The van der Waals surface area contributed by atoms with Crippen LogP contribution in [-0.2, 0) is 10.0 Å². The van der Waals surface area contributed by atoms with Gasteiger partial charge in [-0.3, -0.25) is 0 Å². The molecule has 5 heteroatoms. The Hall–Kier alpha value is -1.07. The summed E-state index contributed by atoms with van der Waals surface area (Å²) in [7, 11) is -3.37. The van der Waals surface area contributed by atoms with Crippen LogP contribution in [0.25, 0.3) is 0 Å². The van der Waals surface area contributed by atoms with Crippen molar-refractivity contribution in [2.75, 3.05) is 0 Å². The van der Waals surface area contributed by atoms with Gasteiger partial charge in [0.2, 0.25) is 0 Å². The van der Waals surface area contributed by atoms with Crippen molar-refractivity contribution in [3.63, 3.8) is 0 Å². The Labute approximate surface area is 93.0 Å². The third-order valence-electron chi connectivity index (χ3n) is 2.11. The van der Waals surface area contributed by atoms with Crippen LogP contribution in [0.1, 0.15) is 11.3 Å². The minimum absolute atomic E-state index is 0.376. The van der Waals surface area contributed by atoms with Crippen molar-refractivity contribution >= 4 is 21.4 Å². The molecule has 0 aromatic carbocycles. The van der Waals surface area contributed by atoms with E-state index < -0.39 is 10.0 Å². The highest BCUT2D eigenvalue weighted by molar-refractivity contribution is 7.92. The van der Waals surface area contributed by atoms with Gasteiger partial charge in [0.15, 0.2) is 0 Å². The molecule has 80 valence electrons. The SMILES string of the molecule is Cc1cc(C)n(S(=O)(=O)c2cccs2)c1. The van der Waals surface area contributed by atoms with Crippen LogP contribution >= 0.6 is 11.3 Å². The molecule has 0 aliphatic carbocycles. The van der Waals surface area contributed by atoms with Crippen molar-refractivity contribution in [2.45, 2.75) is 18.1 Å². The van der Waals surface area contributed by atoms with Gasteiger partial charge in [-0.25, -0.2) is 3.97 Å². The summed E-state index contributed by atoms with van der Waals surface area (Å²) in [6.45, 7) is 3.67. The van der Waals surface area contributed by atoms with Crippen molar-refractivity contribution < 1.29 is 8.42 Å². The predicted molar refractivity (Wildman–Crippen MR) is 60.8 cm³/mol. The Morgan fingerprint density at radius 2 is 2.07 bits per heavy atom. The third kappa shape index (κ3) is 1.72. The predicted octanol–water partition coefficient (Wildman–Crippen LogP) is 2.40. The molecule has 0 radical (unpaired) electrons. The van der Waals surface area contributed by atoms with Gasteiger partial charge < -0.3 is 0 Å². The van der Waals surface area contributed by atoms with Crippen LogP contribution in [0.5, 0.6) is 0 Å². The van der Waals surface area contributed by atoms with Gasteiger partial charge in [-0.05, 0) is 36.9 Å². The highest BCUT2D eigenvalue weighted by Gasteiger charge is 2.19. The Kier molecular flexibility index (Phi) is 2.44. The van der Waals surface area contributed by atoms with Gasteiger partial charge in [-0.1, -0.05) is 6.07 Å². The number of aromatic nitrogens is 1. The van der Waals surface area contributed by atoms with Crippen LogP contribution in [0.15, 0.2) is 34.0 Å². The van der Waals surface area contributed by atoms with Gasteiger partial charge in [-0.2, -0.15) is 8.42 Å². The molecule has 2 aromatic rings. The van der Waals surface area contributed by atoms with E-state index in [4.69, 9.17) is 0 Å². The molecule has 0 saturated carbocycles. The first kappa shape index (κ1) is 10.4. The maximum Gasteiger partial charge on any atom is 0.277 e. The first-order valence-corrected chi connectivity index (χ1v) is 6.78. The van der Waals surface area contributed by atoms with Crippen LogP contribution < -0.4 is 0 Å². The summed E-state index contributed by atoms with van der Waals surface area (Å²) >= 11 is 1.23. The number of hydrogen-bond donors (Lipinski definition) is 0. The van der Waals surface area contributed by atoms with E-state index in [1.165, 1.54) is 15.3 Å². The highest BCUT2D eigenvalue weighted by Crippen LogP contribution is 2.21. The Morgan fingerprint density at radius 1 is 1.33 bits per heavy atom. The molecule has 0 aliphatic heterocycles. The van der Waals surface area contributed by atoms with E-state index in [0.29, 0.717) is 4.21 Å². The summed E-state index contributed by atoms with van der Waals surface area (Å²) in [5.41, 5.74) is 1.69. The Balaban J connectivity index is 2.61. The van der Waals surface area contributed by atoms with E-state index in [-0.39, 0.29) is 0 Å². The molecular formula is C10H11NO2S2. The van der Waals surface area contributed by atoms with E-state index in [1.807, 2.05) is 13.0 Å². The summed E-state index contributed by atoms with van der Waals surface area (Å²) in [5.74, 6) is 0. The molecule has 3 nitrogen and oxygen atoms in total. The van der Waals surface area contributed by atoms with E-state index in [2.05, 4.69) is 0 Å². The maximum absolute atomic E-state index is 12.1. The second-order valence-corrected chi connectivity index (χ2v) is 6.38. The number of rotatable bonds is 2. The quantitative estimate of drug-likeness (QED) is 0.810. The molecule has 0 aliphatic rings. The zero-order valence-electron chi connectivity index (χ0n) is 8.47. The van der Waals surface area contributed by atoms with Crippen molar-refractivity contribution in [3.8, 4) is 0 Å². The lowest BCUT2D eigenvalue weighted by molar-refractivity contribution is 0.588. The van der Waals surface area contributed by atoms with Gasteiger partial charge in [0.1, 0.15) is 4.21 Å². The smallest absolute Gasteiger partial charge is 0.245 e. The standard InChI is InChI=1S/C10H11NO2S2/c1-8-6-9(2)11(7-8)15(12,13)10-4-3-5-14-10/h3-7H,1-2H3. The van der Waals surface area contributed by atoms with Gasteiger partial charge in [0.05, 0.1) is 0 Å². The van der Waals surface area contributed by atoms with Crippen LogP contribution in [0.4, 0.5) is 0 Å². The molecule has 0 spiro atoms. The minimum Gasteiger partial charge on any atom is -0.245 e. The summed E-state index contributed by atoms with van der Waals surface area (Å²) in [5, 5.41) is 1.76. The molecule has 0 N–H and O–H groups in total. The maximum atomic E-state index is 12.1. The molecule has 0 amide bonds. The number of aryl methyl sites for hydroxylation is 2. The van der Waals surface area contributed by atoms with Crippen molar-refractivity contribution in [1.29, 1.82) is 0 Å². The lowest BCUT2D eigenvalue weighted by Gasteiger charge is -2.04. The van der Waals surface area contributed by atoms with Crippen molar-refractivity contribution in [1.82, 2.24) is 3.97 Å². The van der Waals surface area contributed by atoms with Crippen LogP contribution in [0.3, 0.4) is 0 Å². The molecule has 2 aromatic heterocycles. The molecule has 15 heavy (non-hydrogen) atoms. The largest absolute Gasteiger partial charge is 0.277 e. The second-order valence-electron chi connectivity index (χ2n) is 3.39. The van der Waals surface area contributed by atoms with E-state index >= 15 is 0 Å². The van der Waals surface area contributed by atoms with E-state index in [0.717, 1.165) is 11.3 Å². The van der Waals surface area contributed by atoms with Gasteiger partial charge in [0.25, 0.3) is 10.0 Å². The highest BCUT2D eigenvalue weighted by atomic mass is 32.2. The fourth-order valence-corrected chi connectivity index (χ4v) is 4.01. The molecule has 2 rings (SSSR count). The van der Waals surface area contributed by atoms with Crippen molar-refractivity contribution in [2.24, 2.45) is 0 Å². The minimum atomic E-state index is -3.37. The Bertz CT molecular complexity index is 565. The lowest BCUT2D eigenvalue weighted by atomic mass is 10.4. The monoisotopic (exact) mass is 241 g/mol. The van der Waals surface area contributed by atoms with Gasteiger partial charge >= 0.3 is 0 Å². The lowest BCUT2D eigenvalue weighted by Crippen LogP contribution is -2.11. The van der Waals surface area contributed by atoms with Gasteiger partial charge in [0, 0.05) is 11.9 Å².